The molecule has 72 valence electrons. The zero-order valence-electron chi connectivity index (χ0n) is 8.30. The molecule has 13 heavy (non-hydrogen) atoms. The van der Waals surface area contributed by atoms with Gasteiger partial charge in [0.2, 0.25) is 0 Å². The molecule has 0 saturated heterocycles. The average Bonchev–Trinajstić information content (AvgIpc) is 2.47. The minimum atomic E-state index is 0.0359. The summed E-state index contributed by atoms with van der Waals surface area (Å²) in [6.45, 7) is 4.16. The molecule has 0 bridgehead atoms. The van der Waals surface area contributed by atoms with Gasteiger partial charge in [0, 0.05) is 12.8 Å². The van der Waals surface area contributed by atoms with Crippen LogP contribution in [-0.4, -0.2) is 11.6 Å². The zero-order valence-corrected chi connectivity index (χ0v) is 8.30. The summed E-state index contributed by atoms with van der Waals surface area (Å²) in [4.78, 5) is 22.6. The molecule has 0 amide bonds. The lowest BCUT2D eigenvalue weighted by Gasteiger charge is -2.03. The Hall–Kier alpha value is -0.920. The Labute approximate surface area is 79.0 Å². The van der Waals surface area contributed by atoms with E-state index >= 15 is 0 Å². The van der Waals surface area contributed by atoms with Crippen molar-refractivity contribution in [3.8, 4) is 0 Å². The van der Waals surface area contributed by atoms with Crippen LogP contribution in [0.3, 0.4) is 0 Å². The van der Waals surface area contributed by atoms with E-state index in [9.17, 15) is 9.59 Å². The maximum atomic E-state index is 11.5. The molecule has 1 rings (SSSR count). The fourth-order valence-electron chi connectivity index (χ4n) is 1.42. The van der Waals surface area contributed by atoms with Crippen molar-refractivity contribution in [2.45, 2.75) is 39.5 Å². The molecule has 0 heterocycles. The standard InChI is InChI=1S/C11H16O2/c1-8(2)6-7-11(13)9-4-3-5-10(9)12/h4,8H,3,5-7H2,1-2H3. The summed E-state index contributed by atoms with van der Waals surface area (Å²) in [6, 6.07) is 0. The van der Waals surface area contributed by atoms with Crippen LogP contribution in [0.2, 0.25) is 0 Å². The summed E-state index contributed by atoms with van der Waals surface area (Å²) in [5, 5.41) is 0. The van der Waals surface area contributed by atoms with Crippen molar-refractivity contribution in [3.63, 3.8) is 0 Å². The average molecular weight is 180 g/mol. The first-order valence-corrected chi connectivity index (χ1v) is 4.88. The number of hydrogen-bond donors (Lipinski definition) is 0. The summed E-state index contributed by atoms with van der Waals surface area (Å²) in [6.07, 6.45) is 4.47. The fourth-order valence-corrected chi connectivity index (χ4v) is 1.42. The number of ketones is 2. The highest BCUT2D eigenvalue weighted by Crippen LogP contribution is 2.17. The lowest BCUT2D eigenvalue weighted by Crippen LogP contribution is -2.09. The van der Waals surface area contributed by atoms with Gasteiger partial charge < -0.3 is 0 Å². The van der Waals surface area contributed by atoms with Crippen LogP contribution in [-0.2, 0) is 9.59 Å². The van der Waals surface area contributed by atoms with Gasteiger partial charge in [0.25, 0.3) is 0 Å². The van der Waals surface area contributed by atoms with Crippen LogP contribution >= 0.6 is 0 Å². The molecule has 1 aliphatic rings. The normalized spacial score (nSPS) is 16.5. The third-order valence-electron chi connectivity index (χ3n) is 2.27. The van der Waals surface area contributed by atoms with Crippen molar-refractivity contribution in [2.24, 2.45) is 5.92 Å². The molecule has 0 fully saturated rings. The Bertz CT molecular complexity index is 249. The molecule has 0 atom stereocenters. The summed E-state index contributed by atoms with van der Waals surface area (Å²) >= 11 is 0. The van der Waals surface area contributed by atoms with Gasteiger partial charge in [0.1, 0.15) is 0 Å². The number of carbonyl (C=O) groups is 2. The molecule has 2 heteroatoms. The third-order valence-corrected chi connectivity index (χ3v) is 2.27. The third kappa shape index (κ3) is 2.79. The molecule has 0 unspecified atom stereocenters. The maximum absolute atomic E-state index is 11.5. The van der Waals surface area contributed by atoms with Gasteiger partial charge in [-0.25, -0.2) is 0 Å². The van der Waals surface area contributed by atoms with Gasteiger partial charge in [0.15, 0.2) is 11.6 Å². The molecule has 0 saturated carbocycles. The van der Waals surface area contributed by atoms with E-state index < -0.39 is 0 Å². The van der Waals surface area contributed by atoms with Crippen LogP contribution in [0.1, 0.15) is 39.5 Å². The zero-order chi connectivity index (χ0) is 9.84. The van der Waals surface area contributed by atoms with Gasteiger partial charge in [-0.05, 0) is 18.8 Å². The first-order valence-electron chi connectivity index (χ1n) is 4.88. The number of hydrogen-bond acceptors (Lipinski definition) is 2. The highest BCUT2D eigenvalue weighted by molar-refractivity contribution is 6.21. The Morgan fingerprint density at radius 2 is 2.23 bits per heavy atom. The number of Topliss-reactive ketones (excluding diaryl/α,β-unsaturated/α-hetero) is 2. The van der Waals surface area contributed by atoms with E-state index in [1.807, 2.05) is 0 Å². The highest BCUT2D eigenvalue weighted by atomic mass is 16.1. The monoisotopic (exact) mass is 180 g/mol. The minimum Gasteiger partial charge on any atom is -0.294 e. The molecule has 2 nitrogen and oxygen atoms in total. The van der Waals surface area contributed by atoms with Crippen LogP contribution in [0.4, 0.5) is 0 Å². The smallest absolute Gasteiger partial charge is 0.166 e. The van der Waals surface area contributed by atoms with E-state index in [4.69, 9.17) is 0 Å². The Morgan fingerprint density at radius 1 is 1.54 bits per heavy atom. The second-order valence-corrected chi connectivity index (χ2v) is 3.94. The van der Waals surface area contributed by atoms with E-state index in [2.05, 4.69) is 13.8 Å². The topological polar surface area (TPSA) is 34.1 Å². The van der Waals surface area contributed by atoms with Crippen molar-refractivity contribution in [1.29, 1.82) is 0 Å². The van der Waals surface area contributed by atoms with Crippen molar-refractivity contribution >= 4 is 11.6 Å². The fraction of sp³-hybridized carbons (Fsp3) is 0.636. The summed E-state index contributed by atoms with van der Waals surface area (Å²) in [5.74, 6) is 0.603. The molecule has 0 spiro atoms. The molecule has 0 aromatic rings. The SMILES string of the molecule is CC(C)CCC(=O)C1=CCCC1=O. The van der Waals surface area contributed by atoms with Crippen LogP contribution < -0.4 is 0 Å². The first kappa shape index (κ1) is 10.2. The van der Waals surface area contributed by atoms with Crippen molar-refractivity contribution < 1.29 is 9.59 Å². The molecular formula is C11H16O2. The molecule has 0 aromatic carbocycles. The van der Waals surface area contributed by atoms with E-state index in [-0.39, 0.29) is 11.6 Å². The van der Waals surface area contributed by atoms with Crippen LogP contribution in [0.15, 0.2) is 11.6 Å². The van der Waals surface area contributed by atoms with Crippen LogP contribution in [0.5, 0.6) is 0 Å². The van der Waals surface area contributed by atoms with E-state index in [0.717, 1.165) is 12.8 Å². The Balaban J connectivity index is 2.44. The van der Waals surface area contributed by atoms with Crippen molar-refractivity contribution in [3.05, 3.63) is 11.6 Å². The second-order valence-electron chi connectivity index (χ2n) is 3.94. The van der Waals surface area contributed by atoms with Crippen LogP contribution in [0.25, 0.3) is 0 Å². The lowest BCUT2D eigenvalue weighted by atomic mass is 10.0. The first-order chi connectivity index (χ1) is 6.11. The Kier molecular flexibility index (Phi) is 3.40. The van der Waals surface area contributed by atoms with Gasteiger partial charge >= 0.3 is 0 Å². The van der Waals surface area contributed by atoms with Gasteiger partial charge in [-0.15, -0.1) is 0 Å². The van der Waals surface area contributed by atoms with E-state index in [1.54, 1.807) is 6.08 Å². The van der Waals surface area contributed by atoms with Gasteiger partial charge in [0.05, 0.1) is 5.57 Å². The largest absolute Gasteiger partial charge is 0.294 e. The van der Waals surface area contributed by atoms with Crippen LogP contribution in [0, 0.1) is 5.92 Å². The highest BCUT2D eigenvalue weighted by Gasteiger charge is 2.21. The lowest BCUT2D eigenvalue weighted by molar-refractivity contribution is -0.121. The van der Waals surface area contributed by atoms with Gasteiger partial charge in [-0.1, -0.05) is 19.9 Å². The van der Waals surface area contributed by atoms with Crippen molar-refractivity contribution in [2.75, 3.05) is 0 Å². The molecular weight excluding hydrogens is 164 g/mol. The second kappa shape index (κ2) is 4.35. The minimum absolute atomic E-state index is 0.0359. The van der Waals surface area contributed by atoms with E-state index in [1.165, 1.54) is 0 Å². The summed E-state index contributed by atoms with van der Waals surface area (Å²) in [5.41, 5.74) is 0.459. The van der Waals surface area contributed by atoms with E-state index in [0.29, 0.717) is 24.3 Å². The molecule has 1 aliphatic carbocycles. The van der Waals surface area contributed by atoms with Gasteiger partial charge in [-0.3, -0.25) is 9.59 Å². The number of rotatable bonds is 4. The molecule has 0 N–H and O–H groups in total. The van der Waals surface area contributed by atoms with Gasteiger partial charge in [-0.2, -0.15) is 0 Å². The maximum Gasteiger partial charge on any atom is 0.166 e. The number of carbonyl (C=O) groups excluding carboxylic acids is 2. The molecule has 0 aliphatic heterocycles. The molecule has 0 aromatic heterocycles. The Morgan fingerprint density at radius 3 is 2.69 bits per heavy atom. The molecule has 0 radical (unpaired) electrons. The summed E-state index contributed by atoms with van der Waals surface area (Å²) in [7, 11) is 0. The van der Waals surface area contributed by atoms with Crippen molar-refractivity contribution in [1.82, 2.24) is 0 Å². The number of allylic oxidation sites excluding steroid dienone is 2. The predicted molar refractivity (Wildman–Crippen MR) is 51.4 cm³/mol. The predicted octanol–water partition coefficient (Wildman–Crippen LogP) is 2.28. The quantitative estimate of drug-likeness (QED) is 0.622. The summed E-state index contributed by atoms with van der Waals surface area (Å²) < 4.78 is 0.